The Kier molecular flexibility index (Phi) is 3.72. The van der Waals surface area contributed by atoms with Crippen molar-refractivity contribution in [3.8, 4) is 5.75 Å². The van der Waals surface area contributed by atoms with Gasteiger partial charge in [0.25, 0.3) is 0 Å². The van der Waals surface area contributed by atoms with Gasteiger partial charge in [0.05, 0.1) is 12.8 Å². The molecule has 0 saturated carbocycles. The molecule has 1 aromatic rings. The molecule has 0 aromatic heterocycles. The fraction of sp³-hybridized carbons (Fsp3) is 0.417. The number of hydrogen-bond acceptors (Lipinski definition) is 4. The summed E-state index contributed by atoms with van der Waals surface area (Å²) < 4.78 is 5.28. The summed E-state index contributed by atoms with van der Waals surface area (Å²) in [5, 5.41) is 4.30. The van der Waals surface area contributed by atoms with Gasteiger partial charge in [0, 0.05) is 12.3 Å². The molecule has 4 heteroatoms. The Morgan fingerprint density at radius 2 is 2.25 bits per heavy atom. The van der Waals surface area contributed by atoms with Gasteiger partial charge in [-0.25, -0.2) is 0 Å². The van der Waals surface area contributed by atoms with E-state index in [0.717, 1.165) is 28.9 Å². The standard InChI is InChI=1S/C12H16N2OS/c1-9-7-13-12(16-8-9)14-10-5-3-4-6-11(10)15-2/h3-6,9H,7-8H2,1-2H3,(H,13,14). The van der Waals surface area contributed by atoms with Crippen molar-refractivity contribution in [2.45, 2.75) is 6.92 Å². The SMILES string of the molecule is COc1ccccc1NC1=NCC(C)CS1. The molecule has 1 unspecified atom stereocenters. The molecule has 0 spiro atoms. The molecule has 1 aromatic carbocycles. The lowest BCUT2D eigenvalue weighted by Crippen LogP contribution is -2.18. The number of ether oxygens (including phenoxy) is 1. The number of hydrogen-bond donors (Lipinski definition) is 1. The average Bonchev–Trinajstić information content (AvgIpc) is 2.33. The molecule has 1 aliphatic rings. The summed E-state index contributed by atoms with van der Waals surface area (Å²) in [6.07, 6.45) is 0. The summed E-state index contributed by atoms with van der Waals surface area (Å²) in [7, 11) is 1.68. The molecule has 2 rings (SSSR count). The minimum atomic E-state index is 0.674. The van der Waals surface area contributed by atoms with Crippen molar-refractivity contribution in [3.63, 3.8) is 0 Å². The van der Waals surface area contributed by atoms with Gasteiger partial charge in [-0.15, -0.1) is 0 Å². The molecule has 0 aliphatic carbocycles. The maximum absolute atomic E-state index is 5.28. The number of aliphatic imine (C=N–C) groups is 1. The van der Waals surface area contributed by atoms with E-state index in [0.29, 0.717) is 5.92 Å². The monoisotopic (exact) mass is 236 g/mol. The van der Waals surface area contributed by atoms with E-state index in [1.165, 1.54) is 0 Å². The third kappa shape index (κ3) is 2.70. The van der Waals surface area contributed by atoms with Gasteiger partial charge < -0.3 is 10.1 Å². The topological polar surface area (TPSA) is 33.6 Å². The zero-order valence-corrected chi connectivity index (χ0v) is 10.4. The van der Waals surface area contributed by atoms with Crippen molar-refractivity contribution in [1.82, 2.24) is 0 Å². The van der Waals surface area contributed by atoms with E-state index >= 15 is 0 Å². The predicted octanol–water partition coefficient (Wildman–Crippen LogP) is 2.85. The highest BCUT2D eigenvalue weighted by molar-refractivity contribution is 8.14. The molecule has 0 saturated heterocycles. The first-order valence-corrected chi connectivity index (χ1v) is 6.35. The Balaban J connectivity index is 2.09. The minimum Gasteiger partial charge on any atom is -0.495 e. The Morgan fingerprint density at radius 1 is 1.44 bits per heavy atom. The van der Waals surface area contributed by atoms with Crippen LogP contribution in [0.15, 0.2) is 29.3 Å². The van der Waals surface area contributed by atoms with Crippen molar-refractivity contribution in [3.05, 3.63) is 24.3 Å². The van der Waals surface area contributed by atoms with Gasteiger partial charge in [-0.1, -0.05) is 30.8 Å². The summed E-state index contributed by atoms with van der Waals surface area (Å²) >= 11 is 1.77. The third-order valence-electron chi connectivity index (χ3n) is 2.40. The number of methoxy groups -OCH3 is 1. The van der Waals surface area contributed by atoms with E-state index in [4.69, 9.17) is 4.74 Å². The van der Waals surface area contributed by atoms with E-state index in [1.54, 1.807) is 18.9 Å². The summed E-state index contributed by atoms with van der Waals surface area (Å²) in [5.41, 5.74) is 0.978. The van der Waals surface area contributed by atoms with Crippen molar-refractivity contribution >= 4 is 22.6 Å². The zero-order chi connectivity index (χ0) is 11.4. The fourth-order valence-electron chi connectivity index (χ4n) is 1.50. The van der Waals surface area contributed by atoms with E-state index in [2.05, 4.69) is 17.2 Å². The molecule has 1 atom stereocenters. The van der Waals surface area contributed by atoms with Crippen LogP contribution in [0, 0.1) is 5.92 Å². The largest absolute Gasteiger partial charge is 0.495 e. The van der Waals surface area contributed by atoms with Crippen LogP contribution in [0.1, 0.15) is 6.92 Å². The summed E-state index contributed by atoms with van der Waals surface area (Å²) in [4.78, 5) is 4.49. The maximum atomic E-state index is 5.28. The second kappa shape index (κ2) is 5.25. The zero-order valence-electron chi connectivity index (χ0n) is 9.56. The smallest absolute Gasteiger partial charge is 0.161 e. The Bertz CT molecular complexity index is 392. The highest BCUT2D eigenvalue weighted by Crippen LogP contribution is 2.26. The molecular weight excluding hydrogens is 220 g/mol. The van der Waals surface area contributed by atoms with E-state index in [1.807, 2.05) is 24.3 Å². The highest BCUT2D eigenvalue weighted by Gasteiger charge is 2.13. The number of anilines is 1. The molecule has 16 heavy (non-hydrogen) atoms. The first-order valence-electron chi connectivity index (χ1n) is 5.37. The lowest BCUT2D eigenvalue weighted by atomic mass is 10.2. The molecule has 1 N–H and O–H groups in total. The van der Waals surface area contributed by atoms with E-state index in [-0.39, 0.29) is 0 Å². The molecule has 3 nitrogen and oxygen atoms in total. The van der Waals surface area contributed by atoms with Crippen LogP contribution < -0.4 is 10.1 Å². The van der Waals surface area contributed by atoms with Crippen LogP contribution in [-0.4, -0.2) is 24.6 Å². The number of rotatable bonds is 2. The van der Waals surface area contributed by atoms with Crippen molar-refractivity contribution < 1.29 is 4.74 Å². The lowest BCUT2D eigenvalue weighted by molar-refractivity contribution is 0.417. The van der Waals surface area contributed by atoms with Crippen LogP contribution in [0.5, 0.6) is 5.75 Å². The number of nitrogens with zero attached hydrogens (tertiary/aromatic N) is 1. The third-order valence-corrected chi connectivity index (χ3v) is 3.64. The molecule has 1 heterocycles. The van der Waals surface area contributed by atoms with Crippen molar-refractivity contribution in [2.75, 3.05) is 24.7 Å². The molecule has 0 radical (unpaired) electrons. The number of nitrogens with one attached hydrogen (secondary N) is 1. The fourth-order valence-corrected chi connectivity index (χ4v) is 2.39. The van der Waals surface area contributed by atoms with Gasteiger partial charge in [-0.2, -0.15) is 0 Å². The van der Waals surface area contributed by atoms with Crippen LogP contribution in [-0.2, 0) is 0 Å². The molecule has 0 fully saturated rings. The second-order valence-electron chi connectivity index (χ2n) is 3.89. The van der Waals surface area contributed by atoms with E-state index in [9.17, 15) is 0 Å². The minimum absolute atomic E-state index is 0.674. The Hall–Kier alpha value is -1.16. The van der Waals surface area contributed by atoms with Crippen molar-refractivity contribution in [1.29, 1.82) is 0 Å². The second-order valence-corrected chi connectivity index (χ2v) is 4.90. The van der Waals surface area contributed by atoms with Crippen LogP contribution in [0.3, 0.4) is 0 Å². The maximum Gasteiger partial charge on any atom is 0.161 e. The van der Waals surface area contributed by atoms with Crippen LogP contribution in [0.25, 0.3) is 0 Å². The average molecular weight is 236 g/mol. The molecular formula is C12H16N2OS. The first-order chi connectivity index (χ1) is 7.79. The van der Waals surface area contributed by atoms with Crippen LogP contribution in [0.2, 0.25) is 0 Å². The van der Waals surface area contributed by atoms with Gasteiger partial charge in [0.2, 0.25) is 0 Å². The lowest BCUT2D eigenvalue weighted by Gasteiger charge is -2.18. The van der Waals surface area contributed by atoms with Gasteiger partial charge >= 0.3 is 0 Å². The van der Waals surface area contributed by atoms with Gasteiger partial charge in [-0.3, -0.25) is 4.99 Å². The van der Waals surface area contributed by atoms with Gasteiger partial charge in [-0.05, 0) is 18.1 Å². The number of thioether (sulfide) groups is 1. The molecule has 86 valence electrons. The van der Waals surface area contributed by atoms with E-state index < -0.39 is 0 Å². The van der Waals surface area contributed by atoms with Crippen LogP contribution in [0.4, 0.5) is 5.69 Å². The predicted molar refractivity (Wildman–Crippen MR) is 70.5 cm³/mol. The van der Waals surface area contributed by atoms with Gasteiger partial charge in [0.15, 0.2) is 5.17 Å². The van der Waals surface area contributed by atoms with Crippen molar-refractivity contribution in [2.24, 2.45) is 10.9 Å². The van der Waals surface area contributed by atoms with Gasteiger partial charge in [0.1, 0.15) is 5.75 Å². The molecule has 0 bridgehead atoms. The normalized spacial score (nSPS) is 20.1. The highest BCUT2D eigenvalue weighted by atomic mass is 32.2. The van der Waals surface area contributed by atoms with Crippen LogP contribution >= 0.6 is 11.8 Å². The molecule has 1 aliphatic heterocycles. The summed E-state index contributed by atoms with van der Waals surface area (Å²) in [6.45, 7) is 3.13. The number of benzene rings is 1. The summed E-state index contributed by atoms with van der Waals surface area (Å²) in [5.74, 6) is 2.65. The Labute approximate surface area is 100 Å². The Morgan fingerprint density at radius 3 is 2.94 bits per heavy atom. The molecule has 0 amide bonds. The number of para-hydroxylation sites is 2. The summed E-state index contributed by atoms with van der Waals surface area (Å²) in [6, 6.07) is 7.89. The first kappa shape index (κ1) is 11.3. The number of amidine groups is 1. The quantitative estimate of drug-likeness (QED) is 0.857.